The molecule has 0 aromatic carbocycles. The van der Waals surface area contributed by atoms with Crippen molar-refractivity contribution >= 4 is 43.9 Å². The fraction of sp³-hybridized carbons (Fsp3) is 0. The molecule has 3 nitrogen and oxygen atoms in total. The molecule has 0 saturated carbocycles. The first-order valence-electron chi connectivity index (χ1n) is 0.612. The number of carbonyl (C=O) groups excluding carboxylic acids is 1. The molecule has 6 heavy (non-hydrogen) atoms. The predicted octanol–water partition coefficient (Wildman–Crippen LogP) is -2.83. The van der Waals surface area contributed by atoms with Crippen molar-refractivity contribution in [3.63, 3.8) is 0 Å². The van der Waals surface area contributed by atoms with Crippen LogP contribution in [0.4, 0.5) is 4.79 Å². The van der Waals surface area contributed by atoms with Gasteiger partial charge in [-0.3, -0.25) is 0 Å². The van der Waals surface area contributed by atoms with Crippen molar-refractivity contribution in [2.45, 2.75) is 0 Å². The summed E-state index contributed by atoms with van der Waals surface area (Å²) in [5.74, 6) is 0. The fourth-order valence-corrected chi connectivity index (χ4v) is 0. The minimum atomic E-state index is -2.33. The average Bonchev–Trinajstić information content (AvgIpc) is 0.811. The van der Waals surface area contributed by atoms with Gasteiger partial charge in [-0.05, 0) is 6.16 Å². The van der Waals surface area contributed by atoms with Crippen LogP contribution in [0.2, 0.25) is 0 Å². The molecule has 5 heteroatoms. The second-order valence-corrected chi connectivity index (χ2v) is 0.250. The van der Waals surface area contributed by atoms with E-state index in [2.05, 4.69) is 0 Å². The van der Waals surface area contributed by atoms with Crippen molar-refractivity contribution in [2.24, 2.45) is 0 Å². The molecule has 0 fully saturated rings. The smallest absolute Gasteiger partial charge is 0.652 e. The van der Waals surface area contributed by atoms with Crippen molar-refractivity contribution in [3.05, 3.63) is 0 Å². The van der Waals surface area contributed by atoms with Crippen LogP contribution in [0.15, 0.2) is 0 Å². The molecule has 0 saturated heterocycles. The number of rotatable bonds is 0. The molecular weight excluding hydrogens is 164 g/mol. The van der Waals surface area contributed by atoms with Crippen LogP contribution in [0.3, 0.4) is 0 Å². The normalized spacial score (nSPS) is 4.00. The van der Waals surface area contributed by atoms with E-state index in [0.717, 1.165) is 0 Å². The Morgan fingerprint density at radius 2 is 1.33 bits per heavy atom. The van der Waals surface area contributed by atoms with E-state index in [1.165, 1.54) is 0 Å². The van der Waals surface area contributed by atoms with Crippen molar-refractivity contribution in [3.8, 4) is 0 Å². The molecule has 0 aromatic heterocycles. The van der Waals surface area contributed by atoms with Gasteiger partial charge < -0.3 is 15.0 Å². The second-order valence-electron chi connectivity index (χ2n) is 0.250. The van der Waals surface area contributed by atoms with Gasteiger partial charge in [0.2, 0.25) is 0 Å². The molecule has 0 atom stereocenters. The predicted molar refractivity (Wildman–Crippen MR) is 11.1 cm³/mol. The average molecular weight is 164 g/mol. The van der Waals surface area contributed by atoms with Gasteiger partial charge in [0, 0.05) is 17.1 Å². The maximum Gasteiger partial charge on any atom is 2.00 e. The van der Waals surface area contributed by atoms with Crippen molar-refractivity contribution in [1.82, 2.24) is 0 Å². The third-order valence-electron chi connectivity index (χ3n) is 0. The number of carboxylic acid groups (broad SMARTS) is 2. The molecule has 0 heterocycles. The third kappa shape index (κ3) is 75.2. The molecule has 0 aliphatic carbocycles. The molecule has 0 amide bonds. The van der Waals surface area contributed by atoms with Crippen LogP contribution in [0.5, 0.6) is 0 Å². The summed E-state index contributed by atoms with van der Waals surface area (Å²) in [5, 5.41) is 16.7. The molecule has 0 N–H and O–H groups in total. The van der Waals surface area contributed by atoms with Gasteiger partial charge in [0.05, 0.1) is 0 Å². The van der Waals surface area contributed by atoms with E-state index in [1.54, 1.807) is 0 Å². The zero-order valence-electron chi connectivity index (χ0n) is 2.73. The molecule has 1 radical (unpaired) electrons. The van der Waals surface area contributed by atoms with E-state index < -0.39 is 6.16 Å². The summed E-state index contributed by atoms with van der Waals surface area (Å²) in [7, 11) is 0. The molecule has 0 aliphatic rings. The summed E-state index contributed by atoms with van der Waals surface area (Å²) >= 11 is 0. The minimum Gasteiger partial charge on any atom is -0.652 e. The first-order valence-corrected chi connectivity index (χ1v) is 0.612. The SMILES string of the molecule is O=C([O-])[O-].[Ca+2].[Cu]. The van der Waals surface area contributed by atoms with Crippen LogP contribution in [0.1, 0.15) is 0 Å². The Kier molecular flexibility index (Phi) is 24.7. The standard InChI is InChI=1S/CH2O3.Ca.Cu/c2-1(3)4;;/h(H2,2,3,4);;/q;+2;/p-2. The molecule has 35 valence electrons. The molecule has 0 aliphatic heterocycles. The van der Waals surface area contributed by atoms with Crippen LogP contribution >= 0.6 is 0 Å². The zero-order valence-corrected chi connectivity index (χ0v) is 5.88. The summed E-state index contributed by atoms with van der Waals surface area (Å²) in [5.41, 5.74) is 0. The Labute approximate surface area is 75.2 Å². The van der Waals surface area contributed by atoms with Crippen LogP contribution in [0.25, 0.3) is 0 Å². The Balaban J connectivity index is -0.0000000450. The Morgan fingerprint density at radius 1 is 1.33 bits per heavy atom. The number of carbonyl (C=O) groups is 1. The summed E-state index contributed by atoms with van der Waals surface area (Å²) in [6.45, 7) is 0. The monoisotopic (exact) mass is 163 g/mol. The first-order chi connectivity index (χ1) is 1.73. The van der Waals surface area contributed by atoms with Gasteiger partial charge in [0.25, 0.3) is 0 Å². The molecule has 0 bridgehead atoms. The molecular formula is CCaCuO3. The summed E-state index contributed by atoms with van der Waals surface area (Å²) < 4.78 is 0. The van der Waals surface area contributed by atoms with Crippen molar-refractivity contribution < 1.29 is 32.1 Å². The van der Waals surface area contributed by atoms with E-state index in [-0.39, 0.29) is 54.8 Å². The van der Waals surface area contributed by atoms with E-state index in [9.17, 15) is 0 Å². The summed E-state index contributed by atoms with van der Waals surface area (Å²) in [6, 6.07) is 0. The summed E-state index contributed by atoms with van der Waals surface area (Å²) in [4.78, 5) is 8.33. The van der Waals surface area contributed by atoms with Gasteiger partial charge in [-0.1, -0.05) is 0 Å². The molecule has 0 spiro atoms. The van der Waals surface area contributed by atoms with Gasteiger partial charge in [0.15, 0.2) is 0 Å². The van der Waals surface area contributed by atoms with Crippen LogP contribution < -0.4 is 10.2 Å². The van der Waals surface area contributed by atoms with Crippen LogP contribution in [-0.2, 0) is 17.1 Å². The molecule has 0 rings (SSSR count). The van der Waals surface area contributed by atoms with Crippen LogP contribution in [-0.4, -0.2) is 43.9 Å². The maximum absolute atomic E-state index is 8.33. The number of hydrogen-bond donors (Lipinski definition) is 0. The molecule has 0 unspecified atom stereocenters. The van der Waals surface area contributed by atoms with Crippen molar-refractivity contribution in [2.75, 3.05) is 0 Å². The Hall–Kier alpha value is 1.05. The van der Waals surface area contributed by atoms with E-state index in [1.807, 2.05) is 0 Å². The van der Waals surface area contributed by atoms with Crippen LogP contribution in [0, 0.1) is 0 Å². The van der Waals surface area contributed by atoms with Crippen molar-refractivity contribution in [1.29, 1.82) is 0 Å². The van der Waals surface area contributed by atoms with Gasteiger partial charge in [0.1, 0.15) is 0 Å². The van der Waals surface area contributed by atoms with Gasteiger partial charge in [-0.25, -0.2) is 0 Å². The Morgan fingerprint density at radius 3 is 1.33 bits per heavy atom. The largest absolute Gasteiger partial charge is 2.00 e. The van der Waals surface area contributed by atoms with E-state index >= 15 is 0 Å². The maximum atomic E-state index is 8.33. The topological polar surface area (TPSA) is 63.2 Å². The third-order valence-corrected chi connectivity index (χ3v) is 0. The fourth-order valence-electron chi connectivity index (χ4n) is 0. The molecule has 0 aromatic rings. The first kappa shape index (κ1) is 15.7. The quantitative estimate of drug-likeness (QED) is 0.362. The number of hydrogen-bond acceptors (Lipinski definition) is 3. The zero-order chi connectivity index (χ0) is 3.58. The summed E-state index contributed by atoms with van der Waals surface area (Å²) in [6.07, 6.45) is -2.33. The Bertz CT molecular complexity index is 33.8. The van der Waals surface area contributed by atoms with Gasteiger partial charge in [-0.2, -0.15) is 0 Å². The van der Waals surface area contributed by atoms with E-state index in [4.69, 9.17) is 15.0 Å². The van der Waals surface area contributed by atoms with Gasteiger partial charge in [-0.15, -0.1) is 0 Å². The van der Waals surface area contributed by atoms with E-state index in [0.29, 0.717) is 0 Å². The minimum absolute atomic E-state index is 0. The van der Waals surface area contributed by atoms with Gasteiger partial charge >= 0.3 is 37.7 Å². The second kappa shape index (κ2) is 9.41.